The summed E-state index contributed by atoms with van der Waals surface area (Å²) in [5.74, 6) is 1.37. The van der Waals surface area contributed by atoms with Crippen LogP contribution in [0.1, 0.15) is 25.3 Å². The summed E-state index contributed by atoms with van der Waals surface area (Å²) in [5.41, 5.74) is 2.37. The van der Waals surface area contributed by atoms with E-state index < -0.39 is 0 Å². The molecule has 0 atom stereocenters. The summed E-state index contributed by atoms with van der Waals surface area (Å²) in [7, 11) is 0. The molecule has 2 nitrogen and oxygen atoms in total. The Hall–Kier alpha value is -0.870. The predicted octanol–water partition coefficient (Wildman–Crippen LogP) is 5.47. The van der Waals surface area contributed by atoms with Crippen molar-refractivity contribution in [1.29, 1.82) is 0 Å². The highest BCUT2D eigenvalue weighted by Gasteiger charge is 2.03. The van der Waals surface area contributed by atoms with Crippen LogP contribution < -0.4 is 5.32 Å². The van der Waals surface area contributed by atoms with E-state index in [-0.39, 0.29) is 0 Å². The second kappa shape index (κ2) is 5.85. The van der Waals surface area contributed by atoms with E-state index in [0.29, 0.717) is 5.92 Å². The fourth-order valence-corrected chi connectivity index (χ4v) is 2.68. The highest BCUT2D eigenvalue weighted by molar-refractivity contribution is 9.11. The molecule has 1 N–H and O–H groups in total. The average molecular weight is 370 g/mol. The van der Waals surface area contributed by atoms with Gasteiger partial charge in [0.25, 0.3) is 0 Å². The summed E-state index contributed by atoms with van der Waals surface area (Å²) in [6.07, 6.45) is 1.77. The number of anilines is 2. The zero-order valence-corrected chi connectivity index (χ0v) is 13.4. The minimum atomic E-state index is 0.552. The van der Waals surface area contributed by atoms with E-state index in [1.807, 2.05) is 6.07 Å². The molecular formula is C14H14Br2N2. The molecule has 0 saturated heterocycles. The summed E-state index contributed by atoms with van der Waals surface area (Å²) in [5, 5.41) is 3.29. The first-order chi connectivity index (χ1) is 8.56. The quantitative estimate of drug-likeness (QED) is 0.775. The third-order valence-electron chi connectivity index (χ3n) is 2.65. The first-order valence-electron chi connectivity index (χ1n) is 5.74. The van der Waals surface area contributed by atoms with Gasteiger partial charge in [-0.1, -0.05) is 26.0 Å². The maximum absolute atomic E-state index is 4.33. The van der Waals surface area contributed by atoms with Gasteiger partial charge in [0.1, 0.15) is 5.82 Å². The van der Waals surface area contributed by atoms with Gasteiger partial charge in [0.15, 0.2) is 0 Å². The van der Waals surface area contributed by atoms with Gasteiger partial charge in [0.05, 0.1) is 4.47 Å². The molecule has 2 aromatic rings. The number of nitrogens with one attached hydrogen (secondary N) is 1. The van der Waals surface area contributed by atoms with E-state index in [9.17, 15) is 0 Å². The number of nitrogens with zero attached hydrogens (tertiary/aromatic N) is 1. The Balaban J connectivity index is 2.18. The van der Waals surface area contributed by atoms with Gasteiger partial charge < -0.3 is 5.32 Å². The molecule has 0 aliphatic heterocycles. The highest BCUT2D eigenvalue weighted by Crippen LogP contribution is 2.27. The zero-order valence-electron chi connectivity index (χ0n) is 10.2. The van der Waals surface area contributed by atoms with Crippen molar-refractivity contribution in [3.63, 3.8) is 0 Å². The van der Waals surface area contributed by atoms with Crippen molar-refractivity contribution in [1.82, 2.24) is 4.98 Å². The maximum atomic E-state index is 4.33. The van der Waals surface area contributed by atoms with Crippen molar-refractivity contribution < 1.29 is 0 Å². The second-order valence-corrected chi connectivity index (χ2v) is 6.16. The molecule has 1 heterocycles. The van der Waals surface area contributed by atoms with Crippen molar-refractivity contribution in [3.05, 3.63) is 51.0 Å². The van der Waals surface area contributed by atoms with E-state index >= 15 is 0 Å². The number of benzene rings is 1. The topological polar surface area (TPSA) is 24.9 Å². The van der Waals surface area contributed by atoms with Crippen LogP contribution >= 0.6 is 31.9 Å². The van der Waals surface area contributed by atoms with Gasteiger partial charge in [0, 0.05) is 16.4 Å². The lowest BCUT2D eigenvalue weighted by Gasteiger charge is -2.10. The van der Waals surface area contributed by atoms with Gasteiger partial charge >= 0.3 is 0 Å². The lowest BCUT2D eigenvalue weighted by Crippen LogP contribution is -1.95. The summed E-state index contributed by atoms with van der Waals surface area (Å²) in [6, 6.07) is 10.4. The van der Waals surface area contributed by atoms with Crippen LogP contribution in [0.5, 0.6) is 0 Å². The number of halogens is 2. The number of hydrogen-bond acceptors (Lipinski definition) is 2. The lowest BCUT2D eigenvalue weighted by atomic mass is 10.0. The van der Waals surface area contributed by atoms with Crippen molar-refractivity contribution >= 4 is 43.4 Å². The van der Waals surface area contributed by atoms with Gasteiger partial charge in [-0.15, -0.1) is 0 Å². The van der Waals surface area contributed by atoms with E-state index in [1.165, 1.54) is 5.56 Å². The Morgan fingerprint density at radius 1 is 1.11 bits per heavy atom. The normalized spacial score (nSPS) is 10.7. The van der Waals surface area contributed by atoms with Crippen molar-refractivity contribution in [2.45, 2.75) is 19.8 Å². The second-order valence-electron chi connectivity index (χ2n) is 4.39. The number of hydrogen-bond donors (Lipinski definition) is 1. The van der Waals surface area contributed by atoms with E-state index in [1.54, 1.807) is 6.20 Å². The van der Waals surface area contributed by atoms with Crippen molar-refractivity contribution in [2.24, 2.45) is 0 Å². The number of pyridine rings is 1. The Morgan fingerprint density at radius 3 is 2.33 bits per heavy atom. The van der Waals surface area contributed by atoms with Gasteiger partial charge in [0.2, 0.25) is 0 Å². The Labute approximate surface area is 124 Å². The minimum Gasteiger partial charge on any atom is -0.339 e. The smallest absolute Gasteiger partial charge is 0.144 e. The average Bonchev–Trinajstić information content (AvgIpc) is 2.33. The molecule has 0 fully saturated rings. The molecule has 0 aliphatic carbocycles. The van der Waals surface area contributed by atoms with Crippen LogP contribution in [-0.2, 0) is 0 Å². The first-order valence-corrected chi connectivity index (χ1v) is 7.33. The molecule has 2 rings (SSSR count). The predicted molar refractivity (Wildman–Crippen MR) is 83.5 cm³/mol. The molecule has 0 unspecified atom stereocenters. The van der Waals surface area contributed by atoms with Gasteiger partial charge in [-0.05, 0) is 61.5 Å². The van der Waals surface area contributed by atoms with Crippen molar-refractivity contribution in [2.75, 3.05) is 5.32 Å². The molecule has 0 amide bonds. The summed E-state index contributed by atoms with van der Waals surface area (Å²) < 4.78 is 1.89. The summed E-state index contributed by atoms with van der Waals surface area (Å²) >= 11 is 6.87. The largest absolute Gasteiger partial charge is 0.339 e. The third kappa shape index (κ3) is 3.33. The molecular weight excluding hydrogens is 356 g/mol. The molecule has 0 aliphatic rings. The van der Waals surface area contributed by atoms with Crippen LogP contribution in [0.2, 0.25) is 0 Å². The van der Waals surface area contributed by atoms with Gasteiger partial charge in [-0.2, -0.15) is 0 Å². The minimum absolute atomic E-state index is 0.552. The summed E-state index contributed by atoms with van der Waals surface area (Å²) in [4.78, 5) is 4.33. The molecule has 0 bridgehead atoms. The Kier molecular flexibility index (Phi) is 4.40. The molecule has 1 aromatic heterocycles. The monoisotopic (exact) mass is 368 g/mol. The standard InChI is InChI=1S/C14H14Br2N2/c1-9(2)10-3-5-12(6-4-10)18-14-13(16)7-11(15)8-17-14/h3-9H,1-2H3,(H,17,18). The maximum Gasteiger partial charge on any atom is 0.144 e. The van der Waals surface area contributed by atoms with E-state index in [4.69, 9.17) is 0 Å². The third-order valence-corrected chi connectivity index (χ3v) is 3.69. The molecule has 0 saturated carbocycles. The van der Waals surface area contributed by atoms with Crippen molar-refractivity contribution in [3.8, 4) is 0 Å². The molecule has 4 heteroatoms. The zero-order chi connectivity index (χ0) is 13.1. The first kappa shape index (κ1) is 13.6. The number of aromatic nitrogens is 1. The SMILES string of the molecule is CC(C)c1ccc(Nc2ncc(Br)cc2Br)cc1. The van der Waals surface area contributed by atoms with Gasteiger partial charge in [-0.25, -0.2) is 4.98 Å². The van der Waals surface area contributed by atoms with Crippen LogP contribution in [0.4, 0.5) is 11.5 Å². The molecule has 18 heavy (non-hydrogen) atoms. The highest BCUT2D eigenvalue weighted by atomic mass is 79.9. The van der Waals surface area contributed by atoms with E-state index in [2.05, 4.69) is 80.3 Å². The van der Waals surface area contributed by atoms with Crippen LogP contribution in [0.3, 0.4) is 0 Å². The molecule has 0 spiro atoms. The fourth-order valence-electron chi connectivity index (χ4n) is 1.59. The molecule has 1 aromatic carbocycles. The lowest BCUT2D eigenvalue weighted by molar-refractivity contribution is 0.867. The molecule has 94 valence electrons. The van der Waals surface area contributed by atoms with Crippen LogP contribution in [-0.4, -0.2) is 4.98 Å². The van der Waals surface area contributed by atoms with Gasteiger partial charge in [-0.3, -0.25) is 0 Å². The Morgan fingerprint density at radius 2 is 1.78 bits per heavy atom. The Bertz CT molecular complexity index is 536. The summed E-state index contributed by atoms with van der Waals surface area (Å²) in [6.45, 7) is 4.38. The fraction of sp³-hybridized carbons (Fsp3) is 0.214. The molecule has 0 radical (unpaired) electrons. The number of rotatable bonds is 3. The van der Waals surface area contributed by atoms with E-state index in [0.717, 1.165) is 20.5 Å². The van der Waals surface area contributed by atoms with Crippen LogP contribution in [0, 0.1) is 0 Å². The van der Waals surface area contributed by atoms with Crippen LogP contribution in [0.15, 0.2) is 45.5 Å². The van der Waals surface area contributed by atoms with Crippen LogP contribution in [0.25, 0.3) is 0 Å².